The van der Waals surface area contributed by atoms with Crippen molar-refractivity contribution in [3.63, 3.8) is 0 Å². The Kier molecular flexibility index (Phi) is 8.00. The number of carbonyl (C=O) groups is 1. The van der Waals surface area contributed by atoms with E-state index in [1.165, 1.54) is 18.2 Å². The number of rotatable bonds is 6. The number of nitriles is 1. The average Bonchev–Trinajstić information content (AvgIpc) is 2.93. The van der Waals surface area contributed by atoms with Crippen molar-refractivity contribution in [3.8, 4) is 11.8 Å². The van der Waals surface area contributed by atoms with Crippen molar-refractivity contribution in [2.45, 2.75) is 52.6 Å². The van der Waals surface area contributed by atoms with Gasteiger partial charge in [0.1, 0.15) is 18.2 Å². The van der Waals surface area contributed by atoms with E-state index >= 15 is 0 Å². The van der Waals surface area contributed by atoms with Gasteiger partial charge in [-0.25, -0.2) is 0 Å². The van der Waals surface area contributed by atoms with Gasteiger partial charge in [0.25, 0.3) is 5.69 Å². The maximum absolute atomic E-state index is 13.6. The molecule has 0 aromatic heterocycles. The number of ether oxygens (including phenoxy) is 1. The Labute approximate surface area is 253 Å². The van der Waals surface area contributed by atoms with Crippen LogP contribution in [0.25, 0.3) is 0 Å². The molecule has 3 aromatic carbocycles. The highest BCUT2D eigenvalue weighted by Gasteiger charge is 2.41. The van der Waals surface area contributed by atoms with E-state index in [-0.39, 0.29) is 40.2 Å². The van der Waals surface area contributed by atoms with Gasteiger partial charge in [-0.1, -0.05) is 35.3 Å². The SMILES string of the molecule is Cc1cc(C)c(C2C(C#N)=C(N)N(c3cc([N+](=O)[O-])ccc3Cl)C3=C2C(=O)CCC3)cc1COc1ccc(Cl)cc1C. The summed E-state index contributed by atoms with van der Waals surface area (Å²) in [5.41, 5.74) is 12.5. The third kappa shape index (κ3) is 5.22. The molecular weight excluding hydrogens is 575 g/mol. The molecule has 2 N–H and O–H groups in total. The Morgan fingerprint density at radius 1 is 1.07 bits per heavy atom. The molecule has 42 heavy (non-hydrogen) atoms. The zero-order valence-corrected chi connectivity index (χ0v) is 24.8. The fraction of sp³-hybridized carbons (Fsp3) is 0.250. The zero-order valence-electron chi connectivity index (χ0n) is 23.3. The number of ketones is 1. The van der Waals surface area contributed by atoms with E-state index in [4.69, 9.17) is 33.7 Å². The van der Waals surface area contributed by atoms with Crippen LogP contribution in [0.15, 0.2) is 71.2 Å². The topological polar surface area (TPSA) is 122 Å². The lowest BCUT2D eigenvalue weighted by Gasteiger charge is -2.40. The fourth-order valence-corrected chi connectivity index (χ4v) is 6.20. The summed E-state index contributed by atoms with van der Waals surface area (Å²) < 4.78 is 6.14. The van der Waals surface area contributed by atoms with E-state index in [9.17, 15) is 20.2 Å². The van der Waals surface area contributed by atoms with Gasteiger partial charge in [0, 0.05) is 34.8 Å². The Morgan fingerprint density at radius 3 is 2.52 bits per heavy atom. The Hall–Kier alpha value is -4.32. The summed E-state index contributed by atoms with van der Waals surface area (Å²) in [4.78, 5) is 26.2. The first-order chi connectivity index (χ1) is 20.0. The zero-order chi connectivity index (χ0) is 30.3. The lowest BCUT2D eigenvalue weighted by atomic mass is 9.74. The first-order valence-electron chi connectivity index (χ1n) is 13.4. The van der Waals surface area contributed by atoms with Crippen molar-refractivity contribution >= 4 is 40.4 Å². The molecule has 2 aliphatic rings. The number of benzene rings is 3. The van der Waals surface area contributed by atoms with E-state index in [0.29, 0.717) is 41.3 Å². The largest absolute Gasteiger partial charge is 0.489 e. The number of Topliss-reactive ketones (excluding diaryl/α,β-unsaturated/α-hetero) is 1. The Balaban J connectivity index is 1.65. The molecule has 1 heterocycles. The molecule has 1 atom stereocenters. The lowest BCUT2D eigenvalue weighted by molar-refractivity contribution is -0.384. The van der Waals surface area contributed by atoms with Crippen LogP contribution in [0.2, 0.25) is 10.0 Å². The summed E-state index contributed by atoms with van der Waals surface area (Å²) in [6.45, 7) is 6.12. The highest BCUT2D eigenvalue weighted by molar-refractivity contribution is 6.33. The summed E-state index contributed by atoms with van der Waals surface area (Å²) >= 11 is 12.6. The summed E-state index contributed by atoms with van der Waals surface area (Å²) in [6.07, 6.45) is 1.39. The molecule has 0 radical (unpaired) electrons. The molecule has 0 saturated carbocycles. The van der Waals surface area contributed by atoms with Crippen molar-refractivity contribution < 1.29 is 14.5 Å². The number of hydrogen-bond acceptors (Lipinski definition) is 7. The fourth-order valence-electron chi connectivity index (χ4n) is 5.77. The molecule has 10 heteroatoms. The second-order valence-corrected chi connectivity index (χ2v) is 11.4. The first kappa shape index (κ1) is 29.2. The van der Waals surface area contributed by atoms with Crippen LogP contribution < -0.4 is 15.4 Å². The maximum Gasteiger partial charge on any atom is 0.271 e. The van der Waals surface area contributed by atoms with Gasteiger partial charge in [-0.15, -0.1) is 0 Å². The van der Waals surface area contributed by atoms with E-state index in [1.54, 1.807) is 11.0 Å². The number of halogens is 2. The quantitative estimate of drug-likeness (QED) is 0.226. The smallest absolute Gasteiger partial charge is 0.271 e. The van der Waals surface area contributed by atoms with E-state index in [0.717, 1.165) is 27.8 Å². The van der Waals surface area contributed by atoms with Gasteiger partial charge in [-0.2, -0.15) is 5.26 Å². The Bertz CT molecular complexity index is 1760. The molecule has 0 spiro atoms. The van der Waals surface area contributed by atoms with Crippen LogP contribution in [0.5, 0.6) is 5.75 Å². The first-order valence-corrected chi connectivity index (χ1v) is 14.2. The predicted molar refractivity (Wildman–Crippen MR) is 162 cm³/mol. The van der Waals surface area contributed by atoms with Crippen LogP contribution in [0.1, 0.15) is 53.0 Å². The molecule has 0 bridgehead atoms. The average molecular weight is 604 g/mol. The third-order valence-corrected chi connectivity index (χ3v) is 8.41. The molecule has 0 amide bonds. The second-order valence-electron chi connectivity index (χ2n) is 10.5. The van der Waals surface area contributed by atoms with Gasteiger partial charge in [0.15, 0.2) is 5.78 Å². The van der Waals surface area contributed by atoms with Crippen LogP contribution in [-0.4, -0.2) is 10.7 Å². The van der Waals surface area contributed by atoms with Crippen LogP contribution >= 0.6 is 23.2 Å². The van der Waals surface area contributed by atoms with Crippen LogP contribution in [-0.2, 0) is 11.4 Å². The molecule has 1 aliphatic carbocycles. The molecule has 8 nitrogen and oxygen atoms in total. The highest BCUT2D eigenvalue weighted by Crippen LogP contribution is 2.48. The number of nitrogens with two attached hydrogens (primary N) is 1. The number of hydrogen-bond donors (Lipinski definition) is 1. The van der Waals surface area contributed by atoms with Gasteiger partial charge in [0.05, 0.1) is 33.2 Å². The number of nitro groups is 1. The lowest BCUT2D eigenvalue weighted by Crippen LogP contribution is -2.39. The van der Waals surface area contributed by atoms with Gasteiger partial charge in [0.2, 0.25) is 0 Å². The second kappa shape index (κ2) is 11.5. The minimum atomic E-state index is -0.705. The number of aryl methyl sites for hydroxylation is 3. The van der Waals surface area contributed by atoms with Crippen LogP contribution in [0, 0.1) is 42.2 Å². The van der Waals surface area contributed by atoms with Crippen molar-refractivity contribution in [1.29, 1.82) is 5.26 Å². The van der Waals surface area contributed by atoms with Crippen molar-refractivity contribution in [2.75, 3.05) is 4.90 Å². The Morgan fingerprint density at radius 2 is 1.83 bits per heavy atom. The molecular formula is C32H28Cl2N4O4. The van der Waals surface area contributed by atoms with E-state index < -0.39 is 10.8 Å². The summed E-state index contributed by atoms with van der Waals surface area (Å²) in [5.74, 6) is -0.00366. The van der Waals surface area contributed by atoms with E-state index in [1.807, 2.05) is 45.0 Å². The summed E-state index contributed by atoms with van der Waals surface area (Å²) in [5, 5.41) is 22.8. The van der Waals surface area contributed by atoms with Crippen molar-refractivity contribution in [1.82, 2.24) is 0 Å². The highest BCUT2D eigenvalue weighted by atomic mass is 35.5. The van der Waals surface area contributed by atoms with Gasteiger partial charge < -0.3 is 10.5 Å². The predicted octanol–water partition coefficient (Wildman–Crippen LogP) is 7.71. The molecule has 3 aromatic rings. The van der Waals surface area contributed by atoms with Gasteiger partial charge in [-0.05, 0) is 85.7 Å². The number of nitrogens with zero attached hydrogens (tertiary/aromatic N) is 3. The molecule has 5 rings (SSSR count). The monoisotopic (exact) mass is 602 g/mol. The van der Waals surface area contributed by atoms with Crippen molar-refractivity contribution in [3.05, 3.63) is 119 Å². The van der Waals surface area contributed by atoms with Gasteiger partial charge in [-0.3, -0.25) is 19.8 Å². The summed E-state index contributed by atoms with van der Waals surface area (Å²) in [7, 11) is 0. The minimum absolute atomic E-state index is 0.0907. The minimum Gasteiger partial charge on any atom is -0.489 e. The number of non-ortho nitro benzene ring substituents is 1. The molecule has 0 fully saturated rings. The van der Waals surface area contributed by atoms with Gasteiger partial charge >= 0.3 is 0 Å². The summed E-state index contributed by atoms with van der Waals surface area (Å²) in [6, 6.07) is 15.7. The molecule has 1 aliphatic heterocycles. The van der Waals surface area contributed by atoms with Crippen molar-refractivity contribution in [2.24, 2.45) is 5.73 Å². The number of carbonyl (C=O) groups excluding carboxylic acids is 1. The van der Waals surface area contributed by atoms with Crippen LogP contribution in [0.3, 0.4) is 0 Å². The number of allylic oxidation sites excluding steroid dienone is 3. The maximum atomic E-state index is 13.6. The molecule has 214 valence electrons. The third-order valence-electron chi connectivity index (χ3n) is 7.85. The van der Waals surface area contributed by atoms with E-state index in [2.05, 4.69) is 6.07 Å². The molecule has 0 saturated heterocycles. The molecule has 1 unspecified atom stereocenters. The van der Waals surface area contributed by atoms with Crippen LogP contribution in [0.4, 0.5) is 11.4 Å². The number of anilines is 1. The standard InChI is InChI=1S/C32H28Cl2N4O4/c1-17-11-18(2)23(13-20(17)16-42-29-10-7-21(33)12-19(29)3)30-24(15-35)32(36)37(26-5-4-6-28(39)31(26)30)27-14-22(38(40)41)8-9-25(27)34/h7-14,30H,4-6,16,36H2,1-3H3. The number of nitro benzene ring substituents is 1. The normalized spacial score (nSPS) is 16.8.